The Hall–Kier alpha value is -6.69. The number of nitriles is 3. The van der Waals surface area contributed by atoms with Crippen molar-refractivity contribution in [3.8, 4) is 57.8 Å². The van der Waals surface area contributed by atoms with Gasteiger partial charge in [0.2, 0.25) is 0 Å². The van der Waals surface area contributed by atoms with Gasteiger partial charge >= 0.3 is 0 Å². The van der Waals surface area contributed by atoms with Gasteiger partial charge in [-0.15, -0.1) is 0 Å². The lowest BCUT2D eigenvalue weighted by Gasteiger charge is -2.15. The summed E-state index contributed by atoms with van der Waals surface area (Å²) in [5, 5.41) is 29.9. The quantitative estimate of drug-likeness (QED) is 0.231. The van der Waals surface area contributed by atoms with Crippen molar-refractivity contribution in [3.63, 3.8) is 0 Å². The van der Waals surface area contributed by atoms with Gasteiger partial charge in [-0.05, 0) is 59.7 Å². The summed E-state index contributed by atoms with van der Waals surface area (Å²) in [4.78, 5) is 17.8. The van der Waals surface area contributed by atoms with Gasteiger partial charge in [-0.3, -0.25) is 0 Å². The SMILES string of the molecule is N#Cc1ccc(-c2ccc3c(c2)c2ccccc2n3-c2ccc(-c3ncc(C#N)cn3)cc2-c2ncc(C#N)cn2)cc1. The minimum Gasteiger partial charge on any atom is -0.309 e. The van der Waals surface area contributed by atoms with Crippen molar-refractivity contribution >= 4 is 21.8 Å². The lowest BCUT2D eigenvalue weighted by Crippen LogP contribution is -2.01. The molecular formula is C35H18N8. The summed E-state index contributed by atoms with van der Waals surface area (Å²) in [6, 6.07) is 34.3. The summed E-state index contributed by atoms with van der Waals surface area (Å²) in [5.74, 6) is 0.916. The lowest BCUT2D eigenvalue weighted by molar-refractivity contribution is 1.12. The molecule has 198 valence electrons. The van der Waals surface area contributed by atoms with E-state index in [1.807, 2.05) is 60.7 Å². The van der Waals surface area contributed by atoms with E-state index >= 15 is 0 Å². The first kappa shape index (κ1) is 25.3. The first-order valence-electron chi connectivity index (χ1n) is 13.3. The first-order chi connectivity index (χ1) is 21.2. The van der Waals surface area contributed by atoms with Crippen molar-refractivity contribution in [1.82, 2.24) is 24.5 Å². The summed E-state index contributed by atoms with van der Waals surface area (Å²) in [6.07, 6.45) is 6.00. The maximum atomic E-state index is 9.32. The molecule has 0 atom stereocenters. The third-order valence-corrected chi connectivity index (χ3v) is 7.32. The maximum Gasteiger partial charge on any atom is 0.161 e. The van der Waals surface area contributed by atoms with Crippen molar-refractivity contribution in [1.29, 1.82) is 15.8 Å². The van der Waals surface area contributed by atoms with E-state index in [-0.39, 0.29) is 0 Å². The Bertz CT molecular complexity index is 2300. The van der Waals surface area contributed by atoms with E-state index in [0.717, 1.165) is 49.7 Å². The Labute approximate surface area is 246 Å². The minimum absolute atomic E-state index is 0.365. The van der Waals surface area contributed by atoms with Gasteiger partial charge in [0.05, 0.1) is 39.5 Å². The van der Waals surface area contributed by atoms with Crippen LogP contribution in [0.4, 0.5) is 0 Å². The van der Waals surface area contributed by atoms with Gasteiger partial charge in [-0.2, -0.15) is 15.8 Å². The van der Waals surface area contributed by atoms with Crippen molar-refractivity contribution < 1.29 is 0 Å². The fraction of sp³-hybridized carbons (Fsp3) is 0. The standard InChI is InChI=1S/C35H18N8/c36-15-22-5-7-25(8-6-22)26-9-11-32-29(13-26)28-3-1-2-4-31(28)43(32)33-12-10-27(34-39-18-23(16-37)19-40-34)14-30(33)35-41-20-24(17-38)21-42-35/h1-14,18-21H. The van der Waals surface area contributed by atoms with Gasteiger partial charge in [-0.1, -0.05) is 36.4 Å². The molecule has 3 aromatic heterocycles. The molecule has 0 aliphatic carbocycles. The van der Waals surface area contributed by atoms with Crippen LogP contribution in [0, 0.1) is 34.0 Å². The summed E-state index contributed by atoms with van der Waals surface area (Å²) in [6.45, 7) is 0. The predicted octanol–water partition coefficient (Wildman–Crippen LogP) is 6.98. The zero-order chi connectivity index (χ0) is 29.3. The van der Waals surface area contributed by atoms with Gasteiger partial charge in [0.25, 0.3) is 0 Å². The first-order valence-corrected chi connectivity index (χ1v) is 13.3. The number of hydrogen-bond donors (Lipinski definition) is 0. The van der Waals surface area contributed by atoms with E-state index in [4.69, 9.17) is 5.26 Å². The Balaban J connectivity index is 1.47. The summed E-state index contributed by atoms with van der Waals surface area (Å²) >= 11 is 0. The molecule has 0 N–H and O–H groups in total. The van der Waals surface area contributed by atoms with E-state index in [9.17, 15) is 10.5 Å². The van der Waals surface area contributed by atoms with Crippen molar-refractivity contribution in [3.05, 3.63) is 126 Å². The molecule has 8 heteroatoms. The van der Waals surface area contributed by atoms with Crippen molar-refractivity contribution in [2.24, 2.45) is 0 Å². The second-order valence-electron chi connectivity index (χ2n) is 9.82. The van der Waals surface area contributed by atoms with E-state index in [1.165, 1.54) is 24.8 Å². The number of benzene rings is 4. The van der Waals surface area contributed by atoms with Crippen LogP contribution in [0.1, 0.15) is 16.7 Å². The van der Waals surface area contributed by atoms with Crippen LogP contribution in [-0.2, 0) is 0 Å². The molecule has 3 heterocycles. The highest BCUT2D eigenvalue weighted by molar-refractivity contribution is 6.11. The number of fused-ring (bicyclic) bond motifs is 3. The molecule has 0 spiro atoms. The Morgan fingerprint density at radius 1 is 0.488 bits per heavy atom. The fourth-order valence-electron chi connectivity index (χ4n) is 5.26. The zero-order valence-corrected chi connectivity index (χ0v) is 22.5. The van der Waals surface area contributed by atoms with E-state index < -0.39 is 0 Å². The largest absolute Gasteiger partial charge is 0.309 e. The van der Waals surface area contributed by atoms with Crippen LogP contribution in [0.25, 0.3) is 61.4 Å². The van der Waals surface area contributed by atoms with Crippen LogP contribution < -0.4 is 0 Å². The molecule has 0 fully saturated rings. The van der Waals surface area contributed by atoms with Crippen LogP contribution in [0.5, 0.6) is 0 Å². The van der Waals surface area contributed by atoms with Gasteiger partial charge in [0, 0.05) is 46.7 Å². The Morgan fingerprint density at radius 3 is 1.74 bits per heavy atom. The molecule has 0 radical (unpaired) electrons. The summed E-state index contributed by atoms with van der Waals surface area (Å²) in [5.41, 5.74) is 7.75. The number of nitrogens with zero attached hydrogens (tertiary/aromatic N) is 8. The van der Waals surface area contributed by atoms with Crippen LogP contribution in [0.15, 0.2) is 110 Å². The number of aromatic nitrogens is 5. The summed E-state index contributed by atoms with van der Waals surface area (Å²) in [7, 11) is 0. The highest BCUT2D eigenvalue weighted by Gasteiger charge is 2.19. The molecule has 8 nitrogen and oxygen atoms in total. The fourth-order valence-corrected chi connectivity index (χ4v) is 5.26. The third-order valence-electron chi connectivity index (χ3n) is 7.32. The average molecular weight is 551 g/mol. The molecule has 0 unspecified atom stereocenters. The Kier molecular flexibility index (Phi) is 6.10. The Morgan fingerprint density at radius 2 is 1.07 bits per heavy atom. The minimum atomic E-state index is 0.365. The molecule has 0 saturated heterocycles. The molecule has 43 heavy (non-hydrogen) atoms. The molecule has 0 aliphatic heterocycles. The van der Waals surface area contributed by atoms with Crippen LogP contribution in [0.3, 0.4) is 0 Å². The molecule has 0 amide bonds. The van der Waals surface area contributed by atoms with E-state index in [1.54, 1.807) is 0 Å². The molecule has 7 aromatic rings. The van der Waals surface area contributed by atoms with Gasteiger partial charge < -0.3 is 4.57 Å². The van der Waals surface area contributed by atoms with Gasteiger partial charge in [-0.25, -0.2) is 19.9 Å². The highest BCUT2D eigenvalue weighted by Crippen LogP contribution is 2.38. The topological polar surface area (TPSA) is 128 Å². The van der Waals surface area contributed by atoms with E-state index in [0.29, 0.717) is 28.3 Å². The molecule has 0 bridgehead atoms. The average Bonchev–Trinajstić information content (AvgIpc) is 3.41. The van der Waals surface area contributed by atoms with Crippen LogP contribution in [0.2, 0.25) is 0 Å². The maximum absolute atomic E-state index is 9.32. The second-order valence-corrected chi connectivity index (χ2v) is 9.82. The van der Waals surface area contributed by atoms with Crippen molar-refractivity contribution in [2.75, 3.05) is 0 Å². The number of rotatable bonds is 4. The second kappa shape index (κ2) is 10.4. The van der Waals surface area contributed by atoms with E-state index in [2.05, 4.69) is 67.0 Å². The number of hydrogen-bond acceptors (Lipinski definition) is 7. The monoisotopic (exact) mass is 550 g/mol. The highest BCUT2D eigenvalue weighted by atomic mass is 15.0. The number of para-hydroxylation sites is 1. The van der Waals surface area contributed by atoms with Gasteiger partial charge in [0.15, 0.2) is 11.6 Å². The van der Waals surface area contributed by atoms with Crippen LogP contribution >= 0.6 is 0 Å². The molecular weight excluding hydrogens is 532 g/mol. The normalized spacial score (nSPS) is 10.7. The lowest BCUT2D eigenvalue weighted by atomic mass is 10.0. The smallest absolute Gasteiger partial charge is 0.161 e. The molecule has 4 aromatic carbocycles. The van der Waals surface area contributed by atoms with Gasteiger partial charge in [0.1, 0.15) is 12.1 Å². The predicted molar refractivity (Wildman–Crippen MR) is 162 cm³/mol. The third kappa shape index (κ3) is 4.40. The molecule has 0 aliphatic rings. The molecule has 0 saturated carbocycles. The summed E-state index contributed by atoms with van der Waals surface area (Å²) < 4.78 is 2.19. The van der Waals surface area contributed by atoms with Crippen LogP contribution in [-0.4, -0.2) is 24.5 Å². The molecule has 7 rings (SSSR count). The van der Waals surface area contributed by atoms with Crippen molar-refractivity contribution in [2.45, 2.75) is 0 Å². The zero-order valence-electron chi connectivity index (χ0n) is 22.5.